The molecule has 0 aromatic heterocycles. The van der Waals surface area contributed by atoms with Crippen molar-refractivity contribution >= 4 is 5.57 Å². The summed E-state index contributed by atoms with van der Waals surface area (Å²) in [5, 5.41) is 0. The first-order valence-corrected chi connectivity index (χ1v) is 5.78. The molecule has 0 aliphatic heterocycles. The van der Waals surface area contributed by atoms with Gasteiger partial charge in [-0.3, -0.25) is 0 Å². The molecule has 0 saturated heterocycles. The fourth-order valence-electron chi connectivity index (χ4n) is 1.61. The lowest BCUT2D eigenvalue weighted by atomic mass is 10.0. The van der Waals surface area contributed by atoms with E-state index < -0.39 is 0 Å². The van der Waals surface area contributed by atoms with Gasteiger partial charge in [-0.1, -0.05) is 43.0 Å². The van der Waals surface area contributed by atoms with Crippen LogP contribution in [0.4, 0.5) is 4.39 Å². The maximum atomic E-state index is 13.6. The smallest absolute Gasteiger partial charge is 0.130 e. The zero-order valence-corrected chi connectivity index (χ0v) is 10.8. The summed E-state index contributed by atoms with van der Waals surface area (Å²) in [4.78, 5) is 0. The van der Waals surface area contributed by atoms with Crippen molar-refractivity contribution in [2.75, 3.05) is 0 Å². The minimum atomic E-state index is -0.233. The monoisotopic (exact) mass is 243 g/mol. The van der Waals surface area contributed by atoms with Gasteiger partial charge in [-0.15, -0.1) is 0 Å². The molecule has 1 rings (SSSR count). The van der Waals surface area contributed by atoms with Crippen LogP contribution in [0.25, 0.3) is 5.57 Å². The van der Waals surface area contributed by atoms with Crippen LogP contribution in [0.1, 0.15) is 19.4 Å². The van der Waals surface area contributed by atoms with Crippen molar-refractivity contribution in [3.05, 3.63) is 77.8 Å². The van der Waals surface area contributed by atoms with Crippen LogP contribution in [0.2, 0.25) is 0 Å². The van der Waals surface area contributed by atoms with Gasteiger partial charge in [0.1, 0.15) is 5.82 Å². The predicted molar refractivity (Wildman–Crippen MR) is 76.3 cm³/mol. The zero-order valence-electron chi connectivity index (χ0n) is 10.8. The number of hydrogen-bond donors (Lipinski definition) is 1. The topological polar surface area (TPSA) is 26.0 Å². The molecule has 0 aliphatic rings. The highest BCUT2D eigenvalue weighted by Gasteiger charge is 2.04. The standard InChI is InChI=1S/C16H18FN/c1-4-8-13(16(18)5-2)11-12(3)14-9-6-7-10-15(14)17/h4-11H,1,18H2,2-3H3/b12-11+,13-8-,16-5+. The van der Waals surface area contributed by atoms with Gasteiger partial charge >= 0.3 is 0 Å². The molecular weight excluding hydrogens is 225 g/mol. The van der Waals surface area contributed by atoms with Gasteiger partial charge in [0.05, 0.1) is 0 Å². The van der Waals surface area contributed by atoms with E-state index in [1.807, 2.05) is 26.0 Å². The van der Waals surface area contributed by atoms with Gasteiger partial charge in [-0.05, 0) is 37.1 Å². The van der Waals surface area contributed by atoms with Gasteiger partial charge in [-0.2, -0.15) is 0 Å². The van der Waals surface area contributed by atoms with Crippen molar-refractivity contribution in [1.29, 1.82) is 0 Å². The molecule has 0 bridgehead atoms. The van der Waals surface area contributed by atoms with Gasteiger partial charge in [0.15, 0.2) is 0 Å². The van der Waals surface area contributed by atoms with Crippen molar-refractivity contribution in [2.45, 2.75) is 13.8 Å². The van der Waals surface area contributed by atoms with Crippen LogP contribution in [0.15, 0.2) is 66.4 Å². The van der Waals surface area contributed by atoms with Crippen molar-refractivity contribution in [3.8, 4) is 0 Å². The number of allylic oxidation sites excluding steroid dienone is 5. The number of benzene rings is 1. The summed E-state index contributed by atoms with van der Waals surface area (Å²) in [6.07, 6.45) is 7.13. The fraction of sp³-hybridized carbons (Fsp3) is 0.125. The van der Waals surface area contributed by atoms with E-state index >= 15 is 0 Å². The molecule has 94 valence electrons. The van der Waals surface area contributed by atoms with E-state index in [-0.39, 0.29) is 5.82 Å². The molecule has 0 fully saturated rings. The van der Waals surface area contributed by atoms with Crippen molar-refractivity contribution in [2.24, 2.45) is 5.73 Å². The van der Waals surface area contributed by atoms with Crippen LogP contribution in [0.5, 0.6) is 0 Å². The Morgan fingerprint density at radius 3 is 2.56 bits per heavy atom. The normalized spacial score (nSPS) is 13.6. The first kappa shape index (κ1) is 14.0. The molecule has 0 atom stereocenters. The highest BCUT2D eigenvalue weighted by molar-refractivity contribution is 5.68. The van der Waals surface area contributed by atoms with Gasteiger partial charge in [0.2, 0.25) is 0 Å². The molecule has 2 heteroatoms. The fourth-order valence-corrected chi connectivity index (χ4v) is 1.61. The number of hydrogen-bond acceptors (Lipinski definition) is 1. The minimum absolute atomic E-state index is 0.233. The van der Waals surface area contributed by atoms with Crippen LogP contribution in [-0.4, -0.2) is 0 Å². The molecule has 1 aromatic carbocycles. The number of halogens is 1. The lowest BCUT2D eigenvalue weighted by Crippen LogP contribution is -1.99. The quantitative estimate of drug-likeness (QED) is 0.788. The van der Waals surface area contributed by atoms with Gasteiger partial charge in [0.25, 0.3) is 0 Å². The molecule has 0 heterocycles. The highest BCUT2D eigenvalue weighted by atomic mass is 19.1. The van der Waals surface area contributed by atoms with Crippen LogP contribution in [0.3, 0.4) is 0 Å². The second-order valence-corrected chi connectivity index (χ2v) is 3.91. The van der Waals surface area contributed by atoms with Crippen molar-refractivity contribution in [3.63, 3.8) is 0 Å². The average Bonchev–Trinajstić information content (AvgIpc) is 2.37. The van der Waals surface area contributed by atoms with Gasteiger partial charge in [0, 0.05) is 11.3 Å². The molecule has 0 radical (unpaired) electrons. The molecule has 0 saturated carbocycles. The maximum Gasteiger partial charge on any atom is 0.130 e. The van der Waals surface area contributed by atoms with Gasteiger partial charge < -0.3 is 5.73 Å². The Labute approximate surface area is 108 Å². The van der Waals surface area contributed by atoms with E-state index in [2.05, 4.69) is 6.58 Å². The van der Waals surface area contributed by atoms with E-state index in [0.29, 0.717) is 11.3 Å². The summed E-state index contributed by atoms with van der Waals surface area (Å²) in [5.74, 6) is -0.233. The third kappa shape index (κ3) is 3.45. The third-order valence-electron chi connectivity index (χ3n) is 2.61. The van der Waals surface area contributed by atoms with E-state index in [1.54, 1.807) is 30.4 Å². The molecule has 0 aliphatic carbocycles. The number of rotatable bonds is 4. The first-order chi connectivity index (χ1) is 8.60. The van der Waals surface area contributed by atoms with Gasteiger partial charge in [-0.25, -0.2) is 4.39 Å². The summed E-state index contributed by atoms with van der Waals surface area (Å²) < 4.78 is 13.6. The lowest BCUT2D eigenvalue weighted by Gasteiger charge is -2.06. The summed E-state index contributed by atoms with van der Waals surface area (Å²) in [7, 11) is 0. The molecule has 0 unspecified atom stereocenters. The Kier molecular flexibility index (Phi) is 5.12. The molecule has 2 N–H and O–H groups in total. The Hall–Kier alpha value is -2.09. The predicted octanol–water partition coefficient (Wildman–Crippen LogP) is 4.20. The Morgan fingerprint density at radius 2 is 2.00 bits per heavy atom. The van der Waals surface area contributed by atoms with E-state index in [4.69, 9.17) is 5.73 Å². The first-order valence-electron chi connectivity index (χ1n) is 5.78. The van der Waals surface area contributed by atoms with E-state index in [9.17, 15) is 4.39 Å². The highest BCUT2D eigenvalue weighted by Crippen LogP contribution is 2.20. The largest absolute Gasteiger partial charge is 0.399 e. The average molecular weight is 243 g/mol. The van der Waals surface area contributed by atoms with Crippen LogP contribution in [0, 0.1) is 5.82 Å². The Balaban J connectivity index is 3.19. The minimum Gasteiger partial charge on any atom is -0.399 e. The summed E-state index contributed by atoms with van der Waals surface area (Å²) in [6.45, 7) is 7.37. The van der Waals surface area contributed by atoms with E-state index in [0.717, 1.165) is 11.1 Å². The lowest BCUT2D eigenvalue weighted by molar-refractivity contribution is 0.624. The van der Waals surface area contributed by atoms with Crippen molar-refractivity contribution in [1.82, 2.24) is 0 Å². The molecule has 18 heavy (non-hydrogen) atoms. The second kappa shape index (κ2) is 6.60. The molecular formula is C16H18FN. The molecule has 0 spiro atoms. The van der Waals surface area contributed by atoms with Crippen molar-refractivity contribution < 1.29 is 4.39 Å². The second-order valence-electron chi connectivity index (χ2n) is 3.91. The Morgan fingerprint density at radius 1 is 1.33 bits per heavy atom. The number of nitrogens with two attached hydrogens (primary N) is 1. The molecule has 1 nitrogen and oxygen atoms in total. The molecule has 0 amide bonds. The zero-order chi connectivity index (χ0) is 13.5. The summed E-state index contributed by atoms with van der Waals surface area (Å²) in [6, 6.07) is 6.68. The van der Waals surface area contributed by atoms with E-state index in [1.165, 1.54) is 6.07 Å². The SMILES string of the molecule is C=C/C=C(/C=C(\C)c1ccccc1F)C(\N)=C/C. The van der Waals surface area contributed by atoms with Crippen LogP contribution in [-0.2, 0) is 0 Å². The van der Waals surface area contributed by atoms with Crippen LogP contribution >= 0.6 is 0 Å². The Bertz CT molecular complexity index is 522. The van der Waals surface area contributed by atoms with Crippen LogP contribution < -0.4 is 5.73 Å². The summed E-state index contributed by atoms with van der Waals surface area (Å²) in [5.41, 5.74) is 8.75. The molecule has 1 aromatic rings. The summed E-state index contributed by atoms with van der Waals surface area (Å²) >= 11 is 0. The maximum absolute atomic E-state index is 13.6. The third-order valence-corrected chi connectivity index (χ3v) is 2.61.